The number of hydrogen-bond donors (Lipinski definition) is 0. The molecule has 0 spiro atoms. The van der Waals surface area contributed by atoms with Gasteiger partial charge in [0.25, 0.3) is 0 Å². The molecule has 0 aromatic carbocycles. The number of ether oxygens (including phenoxy) is 1. The Bertz CT molecular complexity index is 787. The van der Waals surface area contributed by atoms with E-state index < -0.39 is 23.4 Å². The molecule has 0 radical (unpaired) electrons. The number of carbonyl (C=O) groups excluding carboxylic acids is 2. The summed E-state index contributed by atoms with van der Waals surface area (Å²) in [6.45, 7) is 8.01. The second-order valence-corrected chi connectivity index (χ2v) is 8.85. The number of anilines is 1. The summed E-state index contributed by atoms with van der Waals surface area (Å²) >= 11 is 0. The van der Waals surface area contributed by atoms with Crippen LogP contribution in [0.3, 0.4) is 0 Å². The van der Waals surface area contributed by atoms with Gasteiger partial charge in [-0.25, -0.2) is 14.8 Å². The summed E-state index contributed by atoms with van der Waals surface area (Å²) in [5.41, 5.74) is -1.48. The van der Waals surface area contributed by atoms with E-state index in [1.54, 1.807) is 35.5 Å². The summed E-state index contributed by atoms with van der Waals surface area (Å²) in [6.07, 6.45) is -1.90. The Labute approximate surface area is 179 Å². The maximum absolute atomic E-state index is 13.0. The largest absolute Gasteiger partial charge is 0.444 e. The first-order valence-electron chi connectivity index (χ1n) is 10.3. The molecular weight excluding hydrogens is 415 g/mol. The molecule has 1 aromatic heterocycles. The van der Waals surface area contributed by atoms with Gasteiger partial charge >= 0.3 is 12.3 Å². The van der Waals surface area contributed by atoms with Crippen molar-refractivity contribution < 1.29 is 27.5 Å². The Balaban J connectivity index is 1.53. The third-order valence-electron chi connectivity index (χ3n) is 5.26. The zero-order chi connectivity index (χ0) is 22.8. The lowest BCUT2D eigenvalue weighted by atomic mass is 9.96. The average molecular weight is 443 g/mol. The highest BCUT2D eigenvalue weighted by molar-refractivity contribution is 5.80. The summed E-state index contributed by atoms with van der Waals surface area (Å²) in [6, 6.07) is 0. The zero-order valence-corrected chi connectivity index (χ0v) is 18.0. The summed E-state index contributed by atoms with van der Waals surface area (Å²) in [7, 11) is 0. The van der Waals surface area contributed by atoms with Crippen LogP contribution >= 0.6 is 0 Å². The quantitative estimate of drug-likeness (QED) is 0.700. The monoisotopic (exact) mass is 443 g/mol. The van der Waals surface area contributed by atoms with Gasteiger partial charge in [0.15, 0.2) is 0 Å². The first kappa shape index (κ1) is 23.1. The second kappa shape index (κ2) is 8.88. The van der Waals surface area contributed by atoms with Crippen molar-refractivity contribution in [2.45, 2.75) is 45.4 Å². The molecule has 2 aliphatic rings. The summed E-state index contributed by atoms with van der Waals surface area (Å²) in [5.74, 6) is -0.0785. The van der Waals surface area contributed by atoms with Gasteiger partial charge in [-0.15, -0.1) is 0 Å². The molecule has 2 aliphatic heterocycles. The molecule has 2 saturated heterocycles. The normalized spacial score (nSPS) is 20.6. The molecule has 0 aliphatic carbocycles. The van der Waals surface area contributed by atoms with Crippen LogP contribution in [0.1, 0.15) is 39.2 Å². The van der Waals surface area contributed by atoms with Gasteiger partial charge in [0.1, 0.15) is 5.60 Å². The van der Waals surface area contributed by atoms with Gasteiger partial charge in [-0.05, 0) is 33.6 Å². The van der Waals surface area contributed by atoms with Crippen LogP contribution in [0.5, 0.6) is 0 Å². The van der Waals surface area contributed by atoms with Crippen LogP contribution in [0.4, 0.5) is 23.9 Å². The van der Waals surface area contributed by atoms with E-state index in [4.69, 9.17) is 4.74 Å². The van der Waals surface area contributed by atoms with Gasteiger partial charge in [-0.1, -0.05) is 0 Å². The summed E-state index contributed by atoms with van der Waals surface area (Å²) in [4.78, 5) is 38.0. The van der Waals surface area contributed by atoms with E-state index in [9.17, 15) is 22.8 Å². The van der Waals surface area contributed by atoms with E-state index >= 15 is 0 Å². The van der Waals surface area contributed by atoms with Gasteiger partial charge in [-0.2, -0.15) is 13.2 Å². The predicted octanol–water partition coefficient (Wildman–Crippen LogP) is 2.79. The lowest BCUT2D eigenvalue weighted by molar-refractivity contribution is -0.138. The topological polar surface area (TPSA) is 78.9 Å². The highest BCUT2D eigenvalue weighted by Crippen LogP contribution is 2.28. The first-order valence-corrected chi connectivity index (χ1v) is 10.3. The number of hydrogen-bond acceptors (Lipinski definition) is 6. The Morgan fingerprint density at radius 1 is 1.00 bits per heavy atom. The molecule has 31 heavy (non-hydrogen) atoms. The Morgan fingerprint density at radius 2 is 1.61 bits per heavy atom. The highest BCUT2D eigenvalue weighted by atomic mass is 19.4. The third-order valence-corrected chi connectivity index (χ3v) is 5.26. The van der Waals surface area contributed by atoms with E-state index in [0.717, 1.165) is 18.8 Å². The fraction of sp³-hybridized carbons (Fsp3) is 0.700. The predicted molar refractivity (Wildman–Crippen MR) is 106 cm³/mol. The first-order chi connectivity index (χ1) is 14.4. The molecule has 1 atom stereocenters. The molecule has 0 unspecified atom stereocenters. The number of nitrogens with zero attached hydrogens (tertiary/aromatic N) is 5. The van der Waals surface area contributed by atoms with Gasteiger partial charge in [0.05, 0.1) is 11.5 Å². The number of piperazine rings is 1. The van der Waals surface area contributed by atoms with Crippen molar-refractivity contribution in [3.05, 3.63) is 18.0 Å². The molecule has 2 fully saturated rings. The standard InChI is InChI=1S/C20H28F3N5O3/c1-19(2,3)31-18(30)28-6-4-5-14(13-28)16(29)26-7-9-27(10-8-26)17-24-11-15(12-25-17)20(21,22)23/h11-12,14H,4-10,13H2,1-3H3/t14-/m1/s1. The SMILES string of the molecule is CC(C)(C)OC(=O)N1CCC[C@@H](C(=O)N2CCN(c3ncc(C(F)(F)F)cn3)CC2)C1. The minimum atomic E-state index is -4.48. The molecule has 8 nitrogen and oxygen atoms in total. The number of rotatable bonds is 2. The van der Waals surface area contributed by atoms with E-state index in [0.29, 0.717) is 45.7 Å². The van der Waals surface area contributed by atoms with Crippen LogP contribution < -0.4 is 4.90 Å². The lowest BCUT2D eigenvalue weighted by Crippen LogP contribution is -2.53. The van der Waals surface area contributed by atoms with E-state index in [1.807, 2.05) is 0 Å². The lowest BCUT2D eigenvalue weighted by Gasteiger charge is -2.39. The molecule has 172 valence electrons. The average Bonchev–Trinajstić information content (AvgIpc) is 2.72. The minimum absolute atomic E-state index is 0.0127. The van der Waals surface area contributed by atoms with E-state index in [2.05, 4.69) is 9.97 Å². The molecule has 11 heteroatoms. The molecule has 0 bridgehead atoms. The zero-order valence-electron chi connectivity index (χ0n) is 18.0. The molecule has 2 amide bonds. The number of likely N-dealkylation sites (tertiary alicyclic amines) is 1. The third kappa shape index (κ3) is 5.98. The van der Waals surface area contributed by atoms with Crippen molar-refractivity contribution in [1.82, 2.24) is 19.8 Å². The maximum atomic E-state index is 13.0. The Morgan fingerprint density at radius 3 is 2.16 bits per heavy atom. The van der Waals surface area contributed by atoms with Gasteiger partial charge < -0.3 is 19.4 Å². The number of halogens is 3. The maximum Gasteiger partial charge on any atom is 0.419 e. The molecule has 1 aromatic rings. The summed E-state index contributed by atoms with van der Waals surface area (Å²) in [5, 5.41) is 0. The number of piperidine rings is 1. The van der Waals surface area contributed by atoms with Crippen LogP contribution in [0.25, 0.3) is 0 Å². The highest BCUT2D eigenvalue weighted by Gasteiger charge is 2.35. The fourth-order valence-electron chi connectivity index (χ4n) is 3.69. The minimum Gasteiger partial charge on any atom is -0.444 e. The van der Waals surface area contributed by atoms with Crippen LogP contribution in [-0.4, -0.2) is 76.6 Å². The summed E-state index contributed by atoms with van der Waals surface area (Å²) < 4.78 is 43.4. The molecule has 0 saturated carbocycles. The van der Waals surface area contributed by atoms with Gasteiger partial charge in [0, 0.05) is 51.7 Å². The number of amides is 2. The molecule has 3 heterocycles. The molecular formula is C20H28F3N5O3. The van der Waals surface area contributed by atoms with Crippen LogP contribution in [0, 0.1) is 5.92 Å². The van der Waals surface area contributed by atoms with Crippen molar-refractivity contribution in [2.24, 2.45) is 5.92 Å². The van der Waals surface area contributed by atoms with Crippen LogP contribution in [-0.2, 0) is 15.7 Å². The van der Waals surface area contributed by atoms with Gasteiger partial charge in [-0.3, -0.25) is 4.79 Å². The van der Waals surface area contributed by atoms with Crippen molar-refractivity contribution in [3.63, 3.8) is 0 Å². The van der Waals surface area contributed by atoms with E-state index in [1.165, 1.54) is 0 Å². The smallest absolute Gasteiger partial charge is 0.419 e. The van der Waals surface area contributed by atoms with Crippen LogP contribution in [0.2, 0.25) is 0 Å². The molecule has 0 N–H and O–H groups in total. The van der Waals surface area contributed by atoms with Crippen molar-refractivity contribution >= 4 is 17.9 Å². The van der Waals surface area contributed by atoms with Crippen LogP contribution in [0.15, 0.2) is 12.4 Å². The number of aromatic nitrogens is 2. The second-order valence-electron chi connectivity index (χ2n) is 8.85. The number of alkyl halides is 3. The Kier molecular flexibility index (Phi) is 6.61. The fourth-order valence-corrected chi connectivity index (χ4v) is 3.69. The van der Waals surface area contributed by atoms with Crippen molar-refractivity contribution in [2.75, 3.05) is 44.2 Å². The number of carbonyl (C=O) groups is 2. The van der Waals surface area contributed by atoms with Crippen molar-refractivity contribution in [1.29, 1.82) is 0 Å². The van der Waals surface area contributed by atoms with Crippen molar-refractivity contribution in [3.8, 4) is 0 Å². The Hall–Kier alpha value is -2.59. The van der Waals surface area contributed by atoms with Gasteiger partial charge in [0.2, 0.25) is 11.9 Å². The molecule has 3 rings (SSSR count). The van der Waals surface area contributed by atoms with E-state index in [-0.39, 0.29) is 17.8 Å².